The van der Waals surface area contributed by atoms with E-state index in [0.29, 0.717) is 18.7 Å². The van der Waals surface area contributed by atoms with E-state index >= 15 is 0 Å². The Bertz CT molecular complexity index is 527. The van der Waals surface area contributed by atoms with Gasteiger partial charge in [0.15, 0.2) is 0 Å². The molecule has 6 heteroatoms. The minimum atomic E-state index is -0.880. The van der Waals surface area contributed by atoms with Crippen LogP contribution in [-0.2, 0) is 13.1 Å². The van der Waals surface area contributed by atoms with E-state index in [1.165, 1.54) is 11.3 Å². The van der Waals surface area contributed by atoms with E-state index in [-0.39, 0.29) is 0 Å². The molecule has 0 spiro atoms. The van der Waals surface area contributed by atoms with Crippen molar-refractivity contribution in [2.24, 2.45) is 0 Å². The monoisotopic (exact) mass is 263 g/mol. The largest absolute Gasteiger partial charge is 0.478 e. The number of carboxylic acid groups (broad SMARTS) is 1. The van der Waals surface area contributed by atoms with Gasteiger partial charge >= 0.3 is 5.97 Å². The fourth-order valence-electron chi connectivity index (χ4n) is 1.59. The van der Waals surface area contributed by atoms with Gasteiger partial charge < -0.3 is 5.11 Å². The van der Waals surface area contributed by atoms with Crippen LogP contribution in [0.5, 0.6) is 0 Å². The smallest absolute Gasteiger partial charge is 0.336 e. The third-order valence-corrected chi connectivity index (χ3v) is 3.30. The highest BCUT2D eigenvalue weighted by Gasteiger charge is 2.09. The molecule has 0 fully saturated rings. The molecule has 0 radical (unpaired) electrons. The first kappa shape index (κ1) is 12.7. The molecular formula is C12H13N3O2S. The normalized spacial score (nSPS) is 10.8. The molecule has 2 aromatic heterocycles. The van der Waals surface area contributed by atoms with E-state index in [2.05, 4.69) is 14.9 Å². The Hall–Kier alpha value is -1.79. The van der Waals surface area contributed by atoms with Crippen LogP contribution in [-0.4, -0.2) is 33.0 Å². The molecule has 18 heavy (non-hydrogen) atoms. The minimum absolute atomic E-state index is 0.350. The van der Waals surface area contributed by atoms with Crippen LogP contribution in [0.25, 0.3) is 0 Å². The van der Waals surface area contributed by atoms with Gasteiger partial charge in [-0.05, 0) is 13.1 Å². The maximum absolute atomic E-state index is 10.8. The van der Waals surface area contributed by atoms with Crippen LogP contribution < -0.4 is 0 Å². The third-order valence-electron chi connectivity index (χ3n) is 2.38. The zero-order valence-electron chi connectivity index (χ0n) is 9.91. The summed E-state index contributed by atoms with van der Waals surface area (Å²) in [6.07, 6.45) is 5.03. The van der Waals surface area contributed by atoms with Gasteiger partial charge in [-0.2, -0.15) is 0 Å². The van der Waals surface area contributed by atoms with Crippen molar-refractivity contribution >= 4 is 17.3 Å². The lowest BCUT2D eigenvalue weighted by Crippen LogP contribution is -2.17. The Morgan fingerprint density at radius 2 is 2.28 bits per heavy atom. The van der Waals surface area contributed by atoms with Crippen LogP contribution in [0, 0.1) is 0 Å². The lowest BCUT2D eigenvalue weighted by molar-refractivity contribution is 0.0697. The van der Waals surface area contributed by atoms with Gasteiger partial charge in [0.05, 0.1) is 11.3 Å². The Labute approximate surface area is 109 Å². The standard InChI is InChI=1S/C12H13N3O2S/c1-15(6-10-5-13-2-3-14-10)7-11-4-9(8-18-11)12(16)17/h2-5,8H,6-7H2,1H3,(H,16,17). The maximum Gasteiger partial charge on any atom is 0.336 e. The molecule has 0 aromatic carbocycles. The van der Waals surface area contributed by atoms with Crippen molar-refractivity contribution in [2.45, 2.75) is 13.1 Å². The molecule has 0 bridgehead atoms. The van der Waals surface area contributed by atoms with Crippen molar-refractivity contribution in [1.29, 1.82) is 0 Å². The lowest BCUT2D eigenvalue weighted by Gasteiger charge is -2.14. The molecule has 2 aromatic rings. The van der Waals surface area contributed by atoms with Gasteiger partial charge in [-0.1, -0.05) is 0 Å². The average Bonchev–Trinajstić information content (AvgIpc) is 2.78. The summed E-state index contributed by atoms with van der Waals surface area (Å²) >= 11 is 1.46. The second-order valence-corrected chi connectivity index (χ2v) is 4.97. The van der Waals surface area contributed by atoms with Gasteiger partial charge in [0.25, 0.3) is 0 Å². The van der Waals surface area contributed by atoms with E-state index in [1.807, 2.05) is 7.05 Å². The van der Waals surface area contributed by atoms with Crippen LogP contribution in [0.2, 0.25) is 0 Å². The third kappa shape index (κ3) is 3.35. The van der Waals surface area contributed by atoms with E-state index in [4.69, 9.17) is 5.11 Å². The highest BCUT2D eigenvalue weighted by molar-refractivity contribution is 7.10. The van der Waals surface area contributed by atoms with Crippen molar-refractivity contribution < 1.29 is 9.90 Å². The van der Waals surface area contributed by atoms with Gasteiger partial charge in [0, 0.05) is 41.9 Å². The van der Waals surface area contributed by atoms with Crippen LogP contribution >= 0.6 is 11.3 Å². The molecule has 0 atom stereocenters. The topological polar surface area (TPSA) is 66.3 Å². The Balaban J connectivity index is 1.94. The first-order chi connectivity index (χ1) is 8.65. The molecule has 94 valence electrons. The minimum Gasteiger partial charge on any atom is -0.478 e. The summed E-state index contributed by atoms with van der Waals surface area (Å²) < 4.78 is 0. The Kier molecular flexibility index (Phi) is 4.01. The van der Waals surface area contributed by atoms with Crippen molar-refractivity contribution in [3.05, 3.63) is 46.2 Å². The average molecular weight is 263 g/mol. The van der Waals surface area contributed by atoms with Crippen molar-refractivity contribution in [1.82, 2.24) is 14.9 Å². The highest BCUT2D eigenvalue weighted by Crippen LogP contribution is 2.17. The fourth-order valence-corrected chi connectivity index (χ4v) is 2.52. The van der Waals surface area contributed by atoms with E-state index < -0.39 is 5.97 Å². The maximum atomic E-state index is 10.8. The van der Waals surface area contributed by atoms with Gasteiger partial charge in [-0.25, -0.2) is 4.79 Å². The summed E-state index contributed by atoms with van der Waals surface area (Å²) in [6, 6.07) is 1.71. The Morgan fingerprint density at radius 1 is 1.44 bits per heavy atom. The molecule has 0 unspecified atom stereocenters. The Morgan fingerprint density at radius 3 is 2.89 bits per heavy atom. The second kappa shape index (κ2) is 5.70. The van der Waals surface area contributed by atoms with Crippen LogP contribution in [0.4, 0.5) is 0 Å². The molecule has 1 N–H and O–H groups in total. The summed E-state index contributed by atoms with van der Waals surface area (Å²) in [5.41, 5.74) is 1.25. The number of aromatic carboxylic acids is 1. The van der Waals surface area contributed by atoms with Crippen LogP contribution in [0.3, 0.4) is 0 Å². The summed E-state index contributed by atoms with van der Waals surface area (Å²) in [5, 5.41) is 10.5. The predicted molar refractivity (Wildman–Crippen MR) is 68.5 cm³/mol. The van der Waals surface area contributed by atoms with Crippen molar-refractivity contribution in [2.75, 3.05) is 7.05 Å². The molecule has 0 aliphatic carbocycles. The lowest BCUT2D eigenvalue weighted by atomic mass is 10.3. The second-order valence-electron chi connectivity index (χ2n) is 3.98. The number of aromatic nitrogens is 2. The highest BCUT2D eigenvalue weighted by atomic mass is 32.1. The van der Waals surface area contributed by atoms with Gasteiger partial charge in [-0.3, -0.25) is 14.9 Å². The summed E-state index contributed by atoms with van der Waals surface area (Å²) in [4.78, 5) is 22.1. The zero-order chi connectivity index (χ0) is 13.0. The first-order valence-corrected chi connectivity index (χ1v) is 6.27. The predicted octanol–water partition coefficient (Wildman–Crippen LogP) is 1.87. The molecule has 0 saturated heterocycles. The summed E-state index contributed by atoms with van der Waals surface area (Å²) in [5.74, 6) is -0.880. The summed E-state index contributed by atoms with van der Waals surface area (Å²) in [7, 11) is 1.97. The molecule has 2 rings (SSSR count). The van der Waals surface area contributed by atoms with Crippen molar-refractivity contribution in [3.63, 3.8) is 0 Å². The molecule has 0 amide bonds. The SMILES string of the molecule is CN(Cc1cnccn1)Cc1cc(C(=O)O)cs1. The molecule has 0 aliphatic rings. The number of hydrogen-bond acceptors (Lipinski definition) is 5. The van der Waals surface area contributed by atoms with Crippen LogP contribution in [0.15, 0.2) is 30.0 Å². The van der Waals surface area contributed by atoms with Gasteiger partial charge in [0.2, 0.25) is 0 Å². The van der Waals surface area contributed by atoms with Gasteiger partial charge in [-0.15, -0.1) is 11.3 Å². The van der Waals surface area contributed by atoms with Gasteiger partial charge in [0.1, 0.15) is 0 Å². The molecule has 0 aliphatic heterocycles. The number of hydrogen-bond donors (Lipinski definition) is 1. The van der Waals surface area contributed by atoms with E-state index in [0.717, 1.165) is 10.6 Å². The quantitative estimate of drug-likeness (QED) is 0.892. The number of nitrogens with zero attached hydrogens (tertiary/aromatic N) is 3. The first-order valence-electron chi connectivity index (χ1n) is 5.39. The number of carboxylic acids is 1. The van der Waals surface area contributed by atoms with Crippen LogP contribution in [0.1, 0.15) is 20.9 Å². The number of thiophene rings is 1. The van der Waals surface area contributed by atoms with E-state index in [9.17, 15) is 4.79 Å². The molecule has 0 saturated carbocycles. The number of carbonyl (C=O) groups is 1. The molecular weight excluding hydrogens is 250 g/mol. The van der Waals surface area contributed by atoms with Crippen molar-refractivity contribution in [3.8, 4) is 0 Å². The zero-order valence-corrected chi connectivity index (χ0v) is 10.7. The number of rotatable bonds is 5. The molecule has 5 nitrogen and oxygen atoms in total. The fraction of sp³-hybridized carbons (Fsp3) is 0.250. The molecule has 2 heterocycles. The van der Waals surface area contributed by atoms with E-state index in [1.54, 1.807) is 30.0 Å². The summed E-state index contributed by atoms with van der Waals surface area (Å²) in [6.45, 7) is 1.39.